The van der Waals surface area contributed by atoms with Crippen molar-refractivity contribution >= 4 is 23.6 Å². The van der Waals surface area contributed by atoms with Crippen molar-refractivity contribution in [2.45, 2.75) is 18.9 Å². The van der Waals surface area contributed by atoms with Crippen molar-refractivity contribution in [2.24, 2.45) is 0 Å². The first-order chi connectivity index (χ1) is 9.55. The number of nitrogens with zero attached hydrogens (tertiary/aromatic N) is 4. The van der Waals surface area contributed by atoms with E-state index < -0.39 is 0 Å². The van der Waals surface area contributed by atoms with Crippen LogP contribution in [0.1, 0.15) is 21.9 Å². The number of H-pyrrole nitrogens is 1. The summed E-state index contributed by atoms with van der Waals surface area (Å²) in [4.78, 5) is 24.7. The van der Waals surface area contributed by atoms with E-state index in [0.717, 1.165) is 0 Å². The maximum Gasteiger partial charge on any atom is 0.336 e. The molecule has 0 fully saturated rings. The molecule has 0 bridgehead atoms. The van der Waals surface area contributed by atoms with Gasteiger partial charge >= 0.3 is 6.01 Å². The molecule has 106 valence electrons. The van der Waals surface area contributed by atoms with Crippen LogP contribution in [0, 0.1) is 13.8 Å². The number of methoxy groups -OCH3 is 1. The Bertz CT molecular complexity index is 642. The van der Waals surface area contributed by atoms with E-state index in [1.165, 1.54) is 18.9 Å². The Kier molecular flexibility index (Phi) is 4.18. The first-order valence-corrected chi connectivity index (χ1v) is 6.94. The average molecular weight is 294 g/mol. The van der Waals surface area contributed by atoms with Gasteiger partial charge in [-0.15, -0.1) is 16.9 Å². The Balaban J connectivity index is 2.29. The smallest absolute Gasteiger partial charge is 0.336 e. The molecular weight excluding hydrogens is 280 g/mol. The van der Waals surface area contributed by atoms with Gasteiger partial charge in [-0.05, 0) is 20.1 Å². The second kappa shape index (κ2) is 5.87. The van der Waals surface area contributed by atoms with Gasteiger partial charge in [-0.25, -0.2) is 15.1 Å². The topological polar surface area (TPSA) is 106 Å². The summed E-state index contributed by atoms with van der Waals surface area (Å²) in [7, 11) is 1.44. The molecule has 9 heteroatoms. The molecule has 1 amide bonds. The fourth-order valence-corrected chi connectivity index (χ4v) is 2.32. The van der Waals surface area contributed by atoms with Crippen LogP contribution in [0.5, 0.6) is 6.01 Å². The number of hydrogen-bond donors (Lipinski definition) is 2. The molecule has 0 saturated carbocycles. The normalized spacial score (nSPS) is 10.4. The molecule has 0 radical (unpaired) electrons. The standard InChI is InChI=1S/C11H14N6O2S/c1-5-7(9(20-4)13-6(2)12-5)8(18)14-10-15-11(19-3)17-16-10/h1-4H3,(H2,14,15,16,17,18). The minimum atomic E-state index is -0.342. The highest BCUT2D eigenvalue weighted by Gasteiger charge is 2.18. The van der Waals surface area contributed by atoms with Crippen molar-refractivity contribution in [3.05, 3.63) is 17.1 Å². The summed E-state index contributed by atoms with van der Waals surface area (Å²) >= 11 is 1.39. The molecule has 0 aromatic carbocycles. The van der Waals surface area contributed by atoms with Gasteiger partial charge in [0.1, 0.15) is 10.9 Å². The lowest BCUT2D eigenvalue weighted by atomic mass is 10.2. The number of anilines is 1. The lowest BCUT2D eigenvalue weighted by molar-refractivity contribution is 0.102. The molecular formula is C11H14N6O2S. The Morgan fingerprint density at radius 1 is 1.30 bits per heavy atom. The second-order valence-electron chi connectivity index (χ2n) is 3.87. The van der Waals surface area contributed by atoms with Crippen molar-refractivity contribution in [1.82, 2.24) is 25.1 Å². The molecule has 20 heavy (non-hydrogen) atoms. The number of ether oxygens (including phenoxy) is 1. The largest absolute Gasteiger partial charge is 0.466 e. The van der Waals surface area contributed by atoms with Crippen LogP contribution in [0.4, 0.5) is 5.95 Å². The third-order valence-electron chi connectivity index (χ3n) is 2.47. The quantitative estimate of drug-likeness (QED) is 0.644. The maximum absolute atomic E-state index is 12.3. The molecule has 0 aliphatic rings. The molecule has 2 aromatic heterocycles. The number of amides is 1. The zero-order valence-electron chi connectivity index (χ0n) is 11.5. The number of aromatic amines is 1. The number of aromatic nitrogens is 5. The summed E-state index contributed by atoms with van der Waals surface area (Å²) in [6.07, 6.45) is 1.86. The van der Waals surface area contributed by atoms with Crippen molar-refractivity contribution < 1.29 is 9.53 Å². The van der Waals surface area contributed by atoms with E-state index in [0.29, 0.717) is 22.1 Å². The highest BCUT2D eigenvalue weighted by molar-refractivity contribution is 7.98. The lowest BCUT2D eigenvalue weighted by Crippen LogP contribution is -2.17. The van der Waals surface area contributed by atoms with Crippen LogP contribution in [-0.2, 0) is 0 Å². The number of aryl methyl sites for hydroxylation is 2. The zero-order chi connectivity index (χ0) is 14.7. The van der Waals surface area contributed by atoms with Crippen molar-refractivity contribution in [3.63, 3.8) is 0 Å². The van der Waals surface area contributed by atoms with E-state index in [4.69, 9.17) is 4.74 Å². The first-order valence-electron chi connectivity index (χ1n) is 5.72. The molecule has 8 nitrogen and oxygen atoms in total. The van der Waals surface area contributed by atoms with Crippen LogP contribution in [0.25, 0.3) is 0 Å². The van der Waals surface area contributed by atoms with Crippen LogP contribution >= 0.6 is 11.8 Å². The molecule has 0 aliphatic carbocycles. The predicted octanol–water partition coefficient (Wildman–Crippen LogP) is 1.19. The highest BCUT2D eigenvalue weighted by Crippen LogP contribution is 2.21. The zero-order valence-corrected chi connectivity index (χ0v) is 12.3. The Morgan fingerprint density at radius 3 is 2.65 bits per heavy atom. The van der Waals surface area contributed by atoms with E-state index in [9.17, 15) is 4.79 Å². The van der Waals surface area contributed by atoms with Gasteiger partial charge in [0.15, 0.2) is 0 Å². The van der Waals surface area contributed by atoms with Gasteiger partial charge in [0.25, 0.3) is 5.91 Å². The Morgan fingerprint density at radius 2 is 2.05 bits per heavy atom. The number of carbonyl (C=O) groups is 1. The fraction of sp³-hybridized carbons (Fsp3) is 0.364. The van der Waals surface area contributed by atoms with Crippen LogP contribution in [0.15, 0.2) is 5.03 Å². The van der Waals surface area contributed by atoms with Gasteiger partial charge in [-0.2, -0.15) is 4.98 Å². The Hall–Kier alpha value is -2.16. The van der Waals surface area contributed by atoms with Crippen molar-refractivity contribution in [1.29, 1.82) is 0 Å². The van der Waals surface area contributed by atoms with Crippen molar-refractivity contribution in [2.75, 3.05) is 18.7 Å². The summed E-state index contributed by atoms with van der Waals surface area (Å²) < 4.78 is 4.83. The number of rotatable bonds is 4. The number of nitrogens with one attached hydrogen (secondary N) is 2. The van der Waals surface area contributed by atoms with E-state index in [1.54, 1.807) is 13.8 Å². The molecule has 2 aromatic rings. The van der Waals surface area contributed by atoms with Crippen LogP contribution in [0.2, 0.25) is 0 Å². The van der Waals surface area contributed by atoms with Gasteiger partial charge < -0.3 is 4.74 Å². The lowest BCUT2D eigenvalue weighted by Gasteiger charge is -2.09. The fourth-order valence-electron chi connectivity index (χ4n) is 1.65. The summed E-state index contributed by atoms with van der Waals surface area (Å²) in [5, 5.41) is 9.54. The SMILES string of the molecule is COc1n[nH]c(NC(=O)c2c(C)nc(C)nc2SC)n1. The first kappa shape index (κ1) is 14.3. The summed E-state index contributed by atoms with van der Waals surface area (Å²) in [6, 6.07) is 0.155. The minimum Gasteiger partial charge on any atom is -0.466 e. The average Bonchev–Trinajstić information content (AvgIpc) is 2.85. The molecule has 0 aliphatic heterocycles. The second-order valence-corrected chi connectivity index (χ2v) is 4.66. The summed E-state index contributed by atoms with van der Waals surface area (Å²) in [5.41, 5.74) is 1.05. The monoisotopic (exact) mass is 294 g/mol. The number of hydrogen-bond acceptors (Lipinski definition) is 7. The van der Waals surface area contributed by atoms with Crippen LogP contribution in [-0.4, -0.2) is 44.4 Å². The molecule has 2 N–H and O–H groups in total. The van der Waals surface area contributed by atoms with Gasteiger partial charge in [0.2, 0.25) is 5.95 Å². The van der Waals surface area contributed by atoms with Crippen LogP contribution in [0.3, 0.4) is 0 Å². The van der Waals surface area contributed by atoms with E-state index in [-0.39, 0.29) is 17.9 Å². The Labute approximate surface area is 119 Å². The van der Waals surface area contributed by atoms with Gasteiger partial charge in [0, 0.05) is 0 Å². The van der Waals surface area contributed by atoms with E-state index in [1.807, 2.05) is 6.26 Å². The maximum atomic E-state index is 12.3. The van der Waals surface area contributed by atoms with E-state index in [2.05, 4.69) is 30.5 Å². The van der Waals surface area contributed by atoms with Crippen LogP contribution < -0.4 is 10.1 Å². The van der Waals surface area contributed by atoms with Gasteiger partial charge in [-0.1, -0.05) is 0 Å². The third-order valence-corrected chi connectivity index (χ3v) is 3.15. The van der Waals surface area contributed by atoms with Gasteiger partial charge in [0.05, 0.1) is 18.4 Å². The number of thioether (sulfide) groups is 1. The predicted molar refractivity (Wildman–Crippen MR) is 74.2 cm³/mol. The molecule has 2 rings (SSSR count). The van der Waals surface area contributed by atoms with Gasteiger partial charge in [-0.3, -0.25) is 10.1 Å². The molecule has 0 spiro atoms. The molecule has 0 unspecified atom stereocenters. The summed E-state index contributed by atoms with van der Waals surface area (Å²) in [5.74, 6) is 0.495. The molecule has 2 heterocycles. The van der Waals surface area contributed by atoms with E-state index >= 15 is 0 Å². The molecule has 0 saturated heterocycles. The minimum absolute atomic E-state index is 0.155. The third kappa shape index (κ3) is 2.87. The number of carbonyl (C=O) groups excluding carboxylic acids is 1. The molecule has 0 atom stereocenters. The van der Waals surface area contributed by atoms with Crippen molar-refractivity contribution in [3.8, 4) is 6.01 Å². The summed E-state index contributed by atoms with van der Waals surface area (Å²) in [6.45, 7) is 3.56. The highest BCUT2D eigenvalue weighted by atomic mass is 32.2.